The molecular weight excluding hydrogens is 477 g/mol. The van der Waals surface area contributed by atoms with Crippen molar-refractivity contribution < 1.29 is 9.53 Å². The summed E-state index contributed by atoms with van der Waals surface area (Å²) in [5.74, 6) is 0.473. The van der Waals surface area contributed by atoms with Crippen molar-refractivity contribution in [2.24, 2.45) is 0 Å². The van der Waals surface area contributed by atoms with Crippen molar-refractivity contribution in [3.05, 3.63) is 97.4 Å². The van der Waals surface area contributed by atoms with Gasteiger partial charge in [-0.2, -0.15) is 5.10 Å². The van der Waals surface area contributed by atoms with Gasteiger partial charge in [-0.3, -0.25) is 9.48 Å². The van der Waals surface area contributed by atoms with Crippen LogP contribution in [0.4, 0.5) is 5.69 Å². The van der Waals surface area contributed by atoms with E-state index in [9.17, 15) is 4.79 Å². The minimum atomic E-state index is -0.205. The average molecular weight is 493 g/mol. The number of thiophene rings is 1. The third-order valence-electron chi connectivity index (χ3n) is 4.32. The fraction of sp³-hybridized carbons (Fsp3) is 0.0909. The van der Waals surface area contributed by atoms with Crippen molar-refractivity contribution >= 4 is 57.7 Å². The van der Waals surface area contributed by atoms with Gasteiger partial charge in [-0.15, -0.1) is 11.3 Å². The lowest BCUT2D eigenvalue weighted by atomic mass is 10.2. The van der Waals surface area contributed by atoms with Crippen molar-refractivity contribution in [3.8, 4) is 5.75 Å². The molecule has 0 spiro atoms. The zero-order valence-electron chi connectivity index (χ0n) is 16.0. The Morgan fingerprint density at radius 2 is 1.94 bits per heavy atom. The van der Waals surface area contributed by atoms with Gasteiger partial charge in [0.05, 0.1) is 23.3 Å². The molecule has 158 valence electrons. The molecule has 0 fully saturated rings. The quantitative estimate of drug-likeness (QED) is 0.309. The van der Waals surface area contributed by atoms with Crippen LogP contribution in [0.15, 0.2) is 66.3 Å². The summed E-state index contributed by atoms with van der Waals surface area (Å²) in [6.07, 6.45) is 3.35. The molecule has 1 amide bonds. The van der Waals surface area contributed by atoms with Crippen LogP contribution in [0.1, 0.15) is 20.8 Å². The van der Waals surface area contributed by atoms with Gasteiger partial charge < -0.3 is 10.1 Å². The summed E-state index contributed by atoms with van der Waals surface area (Å²) in [7, 11) is 0. The zero-order chi connectivity index (χ0) is 21.8. The van der Waals surface area contributed by atoms with Crippen LogP contribution in [-0.2, 0) is 13.2 Å². The molecule has 2 heterocycles. The van der Waals surface area contributed by atoms with Gasteiger partial charge in [0.15, 0.2) is 0 Å². The lowest BCUT2D eigenvalue weighted by Gasteiger charge is -2.05. The Morgan fingerprint density at radius 3 is 2.74 bits per heavy atom. The Kier molecular flexibility index (Phi) is 6.83. The summed E-state index contributed by atoms with van der Waals surface area (Å²) >= 11 is 19.5. The van der Waals surface area contributed by atoms with Gasteiger partial charge >= 0.3 is 0 Å². The number of nitrogens with one attached hydrogen (secondary N) is 1. The molecule has 0 saturated heterocycles. The maximum Gasteiger partial charge on any atom is 0.265 e. The Balaban J connectivity index is 1.34. The van der Waals surface area contributed by atoms with Crippen LogP contribution in [0.3, 0.4) is 0 Å². The first-order valence-electron chi connectivity index (χ1n) is 9.20. The number of hydrogen-bond acceptors (Lipinski definition) is 4. The summed E-state index contributed by atoms with van der Waals surface area (Å²) in [6.45, 7) is 0.819. The minimum absolute atomic E-state index is 0.205. The van der Waals surface area contributed by atoms with Crippen LogP contribution >= 0.6 is 46.1 Å². The molecule has 0 saturated carbocycles. The van der Waals surface area contributed by atoms with Crippen LogP contribution in [0.2, 0.25) is 15.1 Å². The van der Waals surface area contributed by atoms with E-state index in [0.29, 0.717) is 44.5 Å². The molecule has 0 aliphatic carbocycles. The van der Waals surface area contributed by atoms with Crippen LogP contribution in [-0.4, -0.2) is 15.7 Å². The number of benzene rings is 2. The summed E-state index contributed by atoms with van der Waals surface area (Å²) < 4.78 is 7.42. The first kappa shape index (κ1) is 21.7. The number of halogens is 3. The maximum absolute atomic E-state index is 12.6. The second-order valence-corrected chi connectivity index (χ2v) is 8.87. The summed E-state index contributed by atoms with van der Waals surface area (Å²) in [5.41, 5.74) is 2.39. The standard InChI is InChI=1S/C22H16Cl3N3O2S/c23-16-2-1-3-19(7-16)30-12-14-6-21(31-13-14)22(29)27-18-9-26-28(11-18)10-15-4-5-17(24)8-20(15)25/h1-9,11,13H,10,12H2,(H,27,29). The van der Waals surface area contributed by atoms with E-state index in [1.54, 1.807) is 41.3 Å². The van der Waals surface area contributed by atoms with Crippen LogP contribution < -0.4 is 10.1 Å². The molecule has 0 bridgehead atoms. The Morgan fingerprint density at radius 1 is 1.10 bits per heavy atom. The van der Waals surface area contributed by atoms with Crippen molar-refractivity contribution in [2.75, 3.05) is 5.32 Å². The third-order valence-corrected chi connectivity index (χ3v) is 6.12. The molecule has 9 heteroatoms. The highest BCUT2D eigenvalue weighted by Crippen LogP contribution is 2.23. The molecular formula is C22H16Cl3N3O2S. The molecule has 2 aromatic carbocycles. The van der Waals surface area contributed by atoms with Gasteiger partial charge in [0.25, 0.3) is 5.91 Å². The Bertz CT molecular complexity index is 1220. The van der Waals surface area contributed by atoms with Gasteiger partial charge in [0.1, 0.15) is 12.4 Å². The van der Waals surface area contributed by atoms with Crippen molar-refractivity contribution in [1.82, 2.24) is 9.78 Å². The molecule has 0 aliphatic rings. The number of hydrogen-bond donors (Lipinski definition) is 1. The molecule has 5 nitrogen and oxygen atoms in total. The number of anilines is 1. The highest BCUT2D eigenvalue weighted by molar-refractivity contribution is 7.12. The monoisotopic (exact) mass is 491 g/mol. The van der Waals surface area contributed by atoms with E-state index in [1.165, 1.54) is 11.3 Å². The molecule has 0 unspecified atom stereocenters. The van der Waals surface area contributed by atoms with Gasteiger partial charge in [0.2, 0.25) is 0 Å². The number of amides is 1. The van der Waals surface area contributed by atoms with Gasteiger partial charge in [-0.05, 0) is 47.3 Å². The van der Waals surface area contributed by atoms with Gasteiger partial charge in [0, 0.05) is 26.8 Å². The first-order chi connectivity index (χ1) is 15.0. The molecule has 0 aliphatic heterocycles. The fourth-order valence-corrected chi connectivity index (χ4v) is 4.27. The number of ether oxygens (including phenoxy) is 1. The van der Waals surface area contributed by atoms with Crippen LogP contribution in [0, 0.1) is 0 Å². The van der Waals surface area contributed by atoms with E-state index in [0.717, 1.165) is 11.1 Å². The maximum atomic E-state index is 12.6. The van der Waals surface area contributed by atoms with Gasteiger partial charge in [-0.25, -0.2) is 0 Å². The zero-order valence-corrected chi connectivity index (χ0v) is 19.1. The molecule has 2 aromatic heterocycles. The van der Waals surface area contributed by atoms with Crippen LogP contribution in [0.5, 0.6) is 5.75 Å². The predicted octanol–water partition coefficient (Wildman–Crippen LogP) is 6.78. The minimum Gasteiger partial charge on any atom is -0.489 e. The van der Waals surface area contributed by atoms with Crippen molar-refractivity contribution in [1.29, 1.82) is 0 Å². The van der Waals surface area contributed by atoms with E-state index in [2.05, 4.69) is 10.4 Å². The number of aromatic nitrogens is 2. The largest absolute Gasteiger partial charge is 0.489 e. The number of carbonyl (C=O) groups excluding carboxylic acids is 1. The molecule has 4 aromatic rings. The van der Waals surface area contributed by atoms with Crippen molar-refractivity contribution in [2.45, 2.75) is 13.2 Å². The van der Waals surface area contributed by atoms with E-state index < -0.39 is 0 Å². The van der Waals surface area contributed by atoms with E-state index >= 15 is 0 Å². The highest BCUT2D eigenvalue weighted by atomic mass is 35.5. The molecule has 0 atom stereocenters. The first-order valence-corrected chi connectivity index (χ1v) is 11.2. The summed E-state index contributed by atoms with van der Waals surface area (Å²) in [4.78, 5) is 13.2. The normalized spacial score (nSPS) is 10.8. The van der Waals surface area contributed by atoms with E-state index in [-0.39, 0.29) is 5.91 Å². The van der Waals surface area contributed by atoms with E-state index in [1.807, 2.05) is 29.6 Å². The third kappa shape index (κ3) is 5.80. The average Bonchev–Trinajstić information content (AvgIpc) is 3.38. The topological polar surface area (TPSA) is 56.2 Å². The molecule has 4 rings (SSSR count). The number of rotatable bonds is 7. The van der Waals surface area contributed by atoms with Gasteiger partial charge in [-0.1, -0.05) is 46.9 Å². The lowest BCUT2D eigenvalue weighted by molar-refractivity contribution is 0.103. The Labute approximate surface area is 198 Å². The summed E-state index contributed by atoms with van der Waals surface area (Å²) in [5, 5.41) is 10.8. The number of carbonyl (C=O) groups is 1. The second-order valence-electron chi connectivity index (χ2n) is 6.68. The Hall–Kier alpha value is -2.51. The predicted molar refractivity (Wildman–Crippen MR) is 126 cm³/mol. The fourth-order valence-electron chi connectivity index (χ4n) is 2.83. The smallest absolute Gasteiger partial charge is 0.265 e. The highest BCUT2D eigenvalue weighted by Gasteiger charge is 2.12. The van der Waals surface area contributed by atoms with Crippen molar-refractivity contribution in [3.63, 3.8) is 0 Å². The molecule has 0 radical (unpaired) electrons. The summed E-state index contributed by atoms with van der Waals surface area (Å²) in [6, 6.07) is 14.3. The number of nitrogens with zero attached hydrogens (tertiary/aromatic N) is 2. The van der Waals surface area contributed by atoms with E-state index in [4.69, 9.17) is 39.5 Å². The molecule has 1 N–H and O–H groups in total. The van der Waals surface area contributed by atoms with Crippen LogP contribution in [0.25, 0.3) is 0 Å². The SMILES string of the molecule is O=C(Nc1cnn(Cc2ccc(Cl)cc2Cl)c1)c1cc(COc2cccc(Cl)c2)cs1. The molecule has 31 heavy (non-hydrogen) atoms. The second kappa shape index (κ2) is 9.75. The lowest BCUT2D eigenvalue weighted by Crippen LogP contribution is -2.09.